The summed E-state index contributed by atoms with van der Waals surface area (Å²) in [5.74, 6) is 0.625. The van der Waals surface area contributed by atoms with Gasteiger partial charge in [-0.2, -0.15) is 0 Å². The first-order chi connectivity index (χ1) is 15.7. The van der Waals surface area contributed by atoms with Crippen LogP contribution in [-0.4, -0.2) is 70.1 Å². The Morgan fingerprint density at radius 2 is 1.52 bits per heavy atom. The van der Waals surface area contributed by atoms with E-state index in [2.05, 4.69) is 0 Å². The molecule has 0 aliphatic heterocycles. The predicted molar refractivity (Wildman–Crippen MR) is 129 cm³/mol. The van der Waals surface area contributed by atoms with Crippen molar-refractivity contribution in [2.75, 3.05) is 58.7 Å². The van der Waals surface area contributed by atoms with Crippen molar-refractivity contribution in [3.05, 3.63) is 36.4 Å². The van der Waals surface area contributed by atoms with Crippen LogP contribution in [0.4, 0.5) is 14.9 Å². The highest BCUT2D eigenvalue weighted by molar-refractivity contribution is 6.13. The average molecular weight is 460 g/mol. The fraction of sp³-hybridized carbons (Fsp3) is 0.480. The van der Waals surface area contributed by atoms with Gasteiger partial charge >= 0.3 is 6.09 Å². The van der Waals surface area contributed by atoms with Crippen molar-refractivity contribution in [2.45, 2.75) is 26.4 Å². The number of aromatic nitrogens is 1. The molecule has 0 saturated carbocycles. The van der Waals surface area contributed by atoms with Gasteiger partial charge in [0, 0.05) is 36.6 Å². The largest absolute Gasteiger partial charge is 0.491 e. The molecule has 0 unspecified atom stereocenters. The molecule has 0 radical (unpaired) electrons. The lowest BCUT2D eigenvalue weighted by Crippen LogP contribution is -2.27. The molecule has 180 valence electrons. The first kappa shape index (κ1) is 24.8. The van der Waals surface area contributed by atoms with Gasteiger partial charge < -0.3 is 23.8 Å². The van der Waals surface area contributed by atoms with Gasteiger partial charge in [-0.1, -0.05) is 6.07 Å². The monoisotopic (exact) mass is 459 g/mol. The third kappa shape index (κ3) is 6.36. The summed E-state index contributed by atoms with van der Waals surface area (Å²) in [4.78, 5) is 15.2. The van der Waals surface area contributed by atoms with E-state index in [4.69, 9.17) is 18.9 Å². The molecule has 2 aromatic carbocycles. The Kier molecular flexibility index (Phi) is 8.15. The zero-order chi connectivity index (χ0) is 24.0. The Morgan fingerprint density at radius 3 is 2.15 bits per heavy atom. The number of hydrogen-bond acceptors (Lipinski definition) is 6. The second-order valence-electron chi connectivity index (χ2n) is 8.85. The van der Waals surface area contributed by atoms with Crippen LogP contribution in [0, 0.1) is 0 Å². The van der Waals surface area contributed by atoms with Crippen molar-refractivity contribution in [1.82, 2.24) is 4.57 Å². The number of fused-ring (bicyclic) bond motifs is 3. The minimum absolute atomic E-state index is 0.0849. The van der Waals surface area contributed by atoms with Crippen molar-refractivity contribution in [2.24, 2.45) is 0 Å². The van der Waals surface area contributed by atoms with Crippen LogP contribution in [0.2, 0.25) is 0 Å². The second kappa shape index (κ2) is 10.9. The molecule has 0 bridgehead atoms. The van der Waals surface area contributed by atoms with Crippen molar-refractivity contribution in [1.29, 1.82) is 0 Å². The van der Waals surface area contributed by atoms with Crippen molar-refractivity contribution < 1.29 is 28.1 Å². The van der Waals surface area contributed by atoms with Gasteiger partial charge in [0.15, 0.2) is 0 Å². The van der Waals surface area contributed by atoms with E-state index >= 15 is 0 Å². The molecule has 0 saturated heterocycles. The fourth-order valence-electron chi connectivity index (χ4n) is 3.45. The summed E-state index contributed by atoms with van der Waals surface area (Å²) >= 11 is 0. The quantitative estimate of drug-likeness (QED) is 0.397. The summed E-state index contributed by atoms with van der Waals surface area (Å²) in [5.41, 5.74) is 1.85. The molecule has 0 N–H and O–H groups in total. The number of carbonyl (C=O) groups excluding carboxylic acids is 1. The smallest absolute Gasteiger partial charge is 0.419 e. The molecule has 7 nitrogen and oxygen atoms in total. The molecule has 1 aromatic heterocycles. The number of alkyl halides is 1. The molecule has 0 atom stereocenters. The van der Waals surface area contributed by atoms with Crippen molar-refractivity contribution in [3.8, 4) is 5.75 Å². The van der Waals surface area contributed by atoms with Gasteiger partial charge in [-0.25, -0.2) is 13.8 Å². The third-order valence-corrected chi connectivity index (χ3v) is 4.90. The number of benzene rings is 2. The summed E-state index contributed by atoms with van der Waals surface area (Å²) in [5, 5.41) is 1.90. The number of halogens is 1. The van der Waals surface area contributed by atoms with Gasteiger partial charge in [-0.3, -0.25) is 0 Å². The van der Waals surface area contributed by atoms with Crippen molar-refractivity contribution in [3.63, 3.8) is 0 Å². The maximum atomic E-state index is 13.2. The van der Waals surface area contributed by atoms with Gasteiger partial charge in [0.2, 0.25) is 0 Å². The van der Waals surface area contributed by atoms with Crippen LogP contribution in [-0.2, 0) is 14.2 Å². The van der Waals surface area contributed by atoms with Crippen LogP contribution in [0.1, 0.15) is 20.8 Å². The molecule has 0 fully saturated rings. The maximum absolute atomic E-state index is 13.2. The van der Waals surface area contributed by atoms with Gasteiger partial charge in [0.1, 0.15) is 24.6 Å². The average Bonchev–Trinajstić information content (AvgIpc) is 3.07. The number of rotatable bonds is 10. The minimum Gasteiger partial charge on any atom is -0.491 e. The Hall–Kier alpha value is -2.84. The Labute approximate surface area is 193 Å². The van der Waals surface area contributed by atoms with Crippen molar-refractivity contribution >= 4 is 33.6 Å². The van der Waals surface area contributed by atoms with Gasteiger partial charge in [-0.05, 0) is 45.0 Å². The highest BCUT2D eigenvalue weighted by atomic mass is 18.2. The molecular weight excluding hydrogens is 426 g/mol. The summed E-state index contributed by atoms with van der Waals surface area (Å²) in [6, 6.07) is 11.7. The lowest BCUT2D eigenvalue weighted by Gasteiger charge is -2.20. The van der Waals surface area contributed by atoms with E-state index < -0.39 is 18.4 Å². The lowest BCUT2D eigenvalue weighted by molar-refractivity contribution is 0.0325. The highest BCUT2D eigenvalue weighted by Crippen LogP contribution is 2.34. The number of nitrogens with zero attached hydrogens (tertiary/aromatic N) is 2. The maximum Gasteiger partial charge on any atom is 0.419 e. The molecule has 8 heteroatoms. The SMILES string of the molecule is CN(C)c1ccc2c3ccc(OCCOCCOCC[18F])cc3n(C(=O)OC(C)(C)C)c2c1. The summed E-state index contributed by atoms with van der Waals surface area (Å²) in [6.45, 7) is 6.57. The Morgan fingerprint density at radius 1 is 0.909 bits per heavy atom. The molecule has 0 aliphatic rings. The topological polar surface area (TPSA) is 62.2 Å². The summed E-state index contributed by atoms with van der Waals surface area (Å²) < 4.78 is 35.6. The van der Waals surface area contributed by atoms with Crippen LogP contribution in [0.5, 0.6) is 5.75 Å². The molecule has 3 rings (SSSR count). The third-order valence-electron chi connectivity index (χ3n) is 4.90. The van der Waals surface area contributed by atoms with E-state index in [1.807, 2.05) is 76.2 Å². The van der Waals surface area contributed by atoms with E-state index in [0.29, 0.717) is 37.7 Å². The second-order valence-corrected chi connectivity index (χ2v) is 8.85. The molecule has 0 aliphatic carbocycles. The highest BCUT2D eigenvalue weighted by Gasteiger charge is 2.23. The van der Waals surface area contributed by atoms with E-state index in [9.17, 15) is 9.18 Å². The number of hydrogen-bond donors (Lipinski definition) is 0. The minimum atomic E-state index is -0.626. The van der Waals surface area contributed by atoms with Crippen LogP contribution in [0.15, 0.2) is 36.4 Å². The molecule has 0 spiro atoms. The molecule has 33 heavy (non-hydrogen) atoms. The standard InChI is InChI=1S/C25H33FN2O5/c1-25(2,3)33-24(29)28-22-16-18(27(4)5)6-8-20(22)21-9-7-19(17-23(21)28)32-15-14-31-13-12-30-11-10-26/h6-9,16-17H,10-15H2,1-5H3/i26-1. The molecule has 1 heterocycles. The van der Waals surface area contributed by atoms with Crippen LogP contribution >= 0.6 is 0 Å². The summed E-state index contributed by atoms with van der Waals surface area (Å²) in [7, 11) is 3.92. The first-order valence-corrected chi connectivity index (χ1v) is 11.0. The lowest BCUT2D eigenvalue weighted by atomic mass is 10.1. The van der Waals surface area contributed by atoms with E-state index in [1.54, 1.807) is 4.57 Å². The van der Waals surface area contributed by atoms with E-state index in [0.717, 1.165) is 22.0 Å². The predicted octanol–water partition coefficient (Wildman–Crippen LogP) is 5.03. The van der Waals surface area contributed by atoms with E-state index in [1.165, 1.54) is 0 Å². The number of anilines is 1. The zero-order valence-corrected chi connectivity index (χ0v) is 20.0. The fourth-order valence-corrected chi connectivity index (χ4v) is 3.45. The number of carbonyl (C=O) groups is 1. The summed E-state index contributed by atoms with van der Waals surface area (Å²) in [6.07, 6.45) is -0.438. The molecular formula is C25H33FN2O5. The Bertz CT molecular complexity index is 1090. The molecule has 3 aromatic rings. The first-order valence-electron chi connectivity index (χ1n) is 11.0. The zero-order valence-electron chi connectivity index (χ0n) is 20.0. The normalized spacial score (nSPS) is 11.8. The number of ether oxygens (including phenoxy) is 4. The van der Waals surface area contributed by atoms with Crippen LogP contribution < -0.4 is 9.64 Å². The van der Waals surface area contributed by atoms with Crippen LogP contribution in [0.25, 0.3) is 21.8 Å². The van der Waals surface area contributed by atoms with Gasteiger partial charge in [0.05, 0.1) is 37.5 Å². The Balaban J connectivity index is 1.85. The van der Waals surface area contributed by atoms with Gasteiger partial charge in [0.25, 0.3) is 0 Å². The van der Waals surface area contributed by atoms with Gasteiger partial charge in [-0.15, -0.1) is 0 Å². The van der Waals surface area contributed by atoms with Crippen LogP contribution in [0.3, 0.4) is 0 Å². The molecule has 0 amide bonds. The van der Waals surface area contributed by atoms with E-state index in [-0.39, 0.29) is 6.61 Å².